The molecule has 0 spiro atoms. The zero-order valence-corrected chi connectivity index (χ0v) is 16.7. The van der Waals surface area contributed by atoms with Crippen LogP contribution in [-0.2, 0) is 25.5 Å². The van der Waals surface area contributed by atoms with Crippen molar-refractivity contribution in [3.05, 3.63) is 48.0 Å². The summed E-state index contributed by atoms with van der Waals surface area (Å²) >= 11 is 0. The Morgan fingerprint density at radius 3 is 2.26 bits per heavy atom. The van der Waals surface area contributed by atoms with Crippen molar-refractivity contribution >= 4 is 17.8 Å². The molecule has 0 aliphatic heterocycles. The number of hydrogen-bond acceptors (Lipinski definition) is 5. The number of hydrogen-bond donors (Lipinski definition) is 1. The quantitative estimate of drug-likeness (QED) is 0.555. The maximum atomic E-state index is 12.3. The Morgan fingerprint density at radius 1 is 1.11 bits per heavy atom. The minimum absolute atomic E-state index is 0.00691. The summed E-state index contributed by atoms with van der Waals surface area (Å²) in [6.07, 6.45) is 2.61. The van der Waals surface area contributed by atoms with Crippen molar-refractivity contribution in [2.24, 2.45) is 0 Å². The van der Waals surface area contributed by atoms with Crippen molar-refractivity contribution in [2.75, 3.05) is 0 Å². The van der Waals surface area contributed by atoms with Crippen molar-refractivity contribution < 1.29 is 23.9 Å². The first kappa shape index (κ1) is 22.4. The molecule has 0 radical (unpaired) electrons. The summed E-state index contributed by atoms with van der Waals surface area (Å²) in [6, 6.07) is 8.99. The third-order valence-electron chi connectivity index (χ3n) is 3.43. The van der Waals surface area contributed by atoms with Gasteiger partial charge in [0.1, 0.15) is 17.5 Å². The number of esters is 1. The Hall–Kier alpha value is -2.63. The van der Waals surface area contributed by atoms with Crippen LogP contribution in [0.15, 0.2) is 42.5 Å². The normalized spacial score (nSPS) is 13.7. The molecule has 1 aromatic rings. The fourth-order valence-corrected chi connectivity index (χ4v) is 2.39. The Kier molecular flexibility index (Phi) is 8.72. The molecule has 0 heterocycles. The summed E-state index contributed by atoms with van der Waals surface area (Å²) in [5, 5.41) is 2.79. The van der Waals surface area contributed by atoms with Gasteiger partial charge in [0.05, 0.1) is 6.04 Å². The van der Waals surface area contributed by atoms with Crippen LogP contribution in [0.1, 0.15) is 46.6 Å². The number of alkyl carbamates (subject to hydrolysis) is 1. The molecule has 1 amide bonds. The van der Waals surface area contributed by atoms with E-state index in [1.165, 1.54) is 13.8 Å². The van der Waals surface area contributed by atoms with Gasteiger partial charge in [0, 0.05) is 13.3 Å². The lowest BCUT2D eigenvalue weighted by Crippen LogP contribution is -2.47. The van der Waals surface area contributed by atoms with Crippen LogP contribution in [0, 0.1) is 0 Å². The van der Waals surface area contributed by atoms with Crippen LogP contribution in [-0.4, -0.2) is 35.6 Å². The first-order valence-corrected chi connectivity index (χ1v) is 8.93. The SMILES string of the molecule is CC(=O)C/C=C\C(OC(C)=O)[C@H](Cc1ccccc1)NC(=O)OC(C)(C)C. The van der Waals surface area contributed by atoms with Crippen molar-refractivity contribution in [1.29, 1.82) is 0 Å². The molecular formula is C21H29NO5. The second-order valence-electron chi connectivity index (χ2n) is 7.35. The minimum atomic E-state index is -0.727. The van der Waals surface area contributed by atoms with Gasteiger partial charge in [-0.25, -0.2) is 4.79 Å². The second kappa shape index (κ2) is 10.5. The summed E-state index contributed by atoms with van der Waals surface area (Å²) in [5.74, 6) is -0.482. The Bertz CT molecular complexity index is 661. The molecule has 6 heteroatoms. The van der Waals surface area contributed by atoms with Crippen LogP contribution in [0.25, 0.3) is 0 Å². The third-order valence-corrected chi connectivity index (χ3v) is 3.43. The average molecular weight is 375 g/mol. The highest BCUT2D eigenvalue weighted by Gasteiger charge is 2.27. The van der Waals surface area contributed by atoms with Crippen molar-refractivity contribution in [1.82, 2.24) is 5.32 Å². The van der Waals surface area contributed by atoms with E-state index in [9.17, 15) is 14.4 Å². The lowest BCUT2D eigenvalue weighted by molar-refractivity contribution is -0.145. The monoisotopic (exact) mass is 375 g/mol. The molecular weight excluding hydrogens is 346 g/mol. The van der Waals surface area contributed by atoms with E-state index in [0.717, 1.165) is 5.56 Å². The number of benzene rings is 1. The van der Waals surface area contributed by atoms with Crippen molar-refractivity contribution in [3.8, 4) is 0 Å². The molecule has 0 fully saturated rings. The van der Waals surface area contributed by atoms with E-state index in [-0.39, 0.29) is 12.2 Å². The largest absolute Gasteiger partial charge is 0.456 e. The molecule has 0 bridgehead atoms. The van der Waals surface area contributed by atoms with Crippen LogP contribution >= 0.6 is 0 Å². The van der Waals surface area contributed by atoms with Crippen molar-refractivity contribution in [3.63, 3.8) is 0 Å². The van der Waals surface area contributed by atoms with E-state index >= 15 is 0 Å². The van der Waals surface area contributed by atoms with Gasteiger partial charge in [0.15, 0.2) is 0 Å². The van der Waals surface area contributed by atoms with E-state index in [1.54, 1.807) is 32.9 Å². The number of rotatable bonds is 8. The number of carbonyl (C=O) groups is 3. The fraction of sp³-hybridized carbons (Fsp3) is 0.476. The third kappa shape index (κ3) is 10.2. The first-order valence-electron chi connectivity index (χ1n) is 8.93. The van der Waals surface area contributed by atoms with Gasteiger partial charge in [-0.05, 0) is 45.8 Å². The van der Waals surface area contributed by atoms with Gasteiger partial charge in [0.2, 0.25) is 0 Å². The van der Waals surface area contributed by atoms with E-state index in [2.05, 4.69) is 5.32 Å². The topological polar surface area (TPSA) is 81.7 Å². The number of allylic oxidation sites excluding steroid dienone is 1. The molecule has 1 aromatic carbocycles. The summed E-state index contributed by atoms with van der Waals surface area (Å²) in [7, 11) is 0. The Labute approximate surface area is 160 Å². The van der Waals surface area contributed by atoms with Gasteiger partial charge in [-0.15, -0.1) is 0 Å². The average Bonchev–Trinajstić information content (AvgIpc) is 2.52. The smallest absolute Gasteiger partial charge is 0.408 e. The highest BCUT2D eigenvalue weighted by Crippen LogP contribution is 2.13. The molecule has 1 rings (SSSR count). The van der Waals surface area contributed by atoms with Crippen LogP contribution in [0.4, 0.5) is 4.79 Å². The molecule has 27 heavy (non-hydrogen) atoms. The summed E-state index contributed by atoms with van der Waals surface area (Å²) in [4.78, 5) is 35.0. The van der Waals surface area contributed by atoms with E-state index in [1.807, 2.05) is 30.3 Å². The molecule has 1 unspecified atom stereocenters. The highest BCUT2D eigenvalue weighted by atomic mass is 16.6. The van der Waals surface area contributed by atoms with Crippen LogP contribution in [0.5, 0.6) is 0 Å². The second-order valence-corrected chi connectivity index (χ2v) is 7.35. The Morgan fingerprint density at radius 2 is 1.74 bits per heavy atom. The van der Waals surface area contributed by atoms with Crippen LogP contribution in [0.2, 0.25) is 0 Å². The number of ether oxygens (including phenoxy) is 2. The zero-order valence-electron chi connectivity index (χ0n) is 16.7. The van der Waals surface area contributed by atoms with E-state index < -0.39 is 29.8 Å². The van der Waals surface area contributed by atoms with Crippen LogP contribution in [0.3, 0.4) is 0 Å². The molecule has 0 aromatic heterocycles. The standard InChI is InChI=1S/C21H29NO5/c1-15(23)10-9-13-19(26-16(2)24)18(14-17-11-7-6-8-12-17)22-20(25)27-21(3,4)5/h6-9,11-13,18-19H,10,14H2,1-5H3,(H,22,25)/b13-9-/t18-,19?/m0/s1. The number of amides is 1. The fourth-order valence-electron chi connectivity index (χ4n) is 2.39. The number of nitrogens with one attached hydrogen (secondary N) is 1. The molecule has 148 valence electrons. The number of Topliss-reactive ketones (excluding diaryl/α,β-unsaturated/α-hetero) is 1. The molecule has 0 saturated carbocycles. The molecule has 6 nitrogen and oxygen atoms in total. The summed E-state index contributed by atoms with van der Waals surface area (Å²) < 4.78 is 10.7. The number of ketones is 1. The molecule has 2 atom stereocenters. The van der Waals surface area contributed by atoms with E-state index in [0.29, 0.717) is 6.42 Å². The predicted molar refractivity (Wildman–Crippen MR) is 103 cm³/mol. The highest BCUT2D eigenvalue weighted by molar-refractivity contribution is 5.77. The van der Waals surface area contributed by atoms with Crippen LogP contribution < -0.4 is 5.32 Å². The van der Waals surface area contributed by atoms with Gasteiger partial charge in [-0.2, -0.15) is 0 Å². The zero-order chi connectivity index (χ0) is 20.4. The summed E-state index contributed by atoms with van der Waals surface area (Å²) in [6.45, 7) is 8.10. The molecule has 0 aliphatic carbocycles. The first-order chi connectivity index (χ1) is 12.6. The maximum Gasteiger partial charge on any atom is 0.408 e. The lowest BCUT2D eigenvalue weighted by Gasteiger charge is -2.27. The van der Waals surface area contributed by atoms with Gasteiger partial charge in [-0.3, -0.25) is 9.59 Å². The number of carbonyl (C=O) groups excluding carboxylic acids is 3. The summed E-state index contributed by atoms with van der Waals surface area (Å²) in [5.41, 5.74) is 0.318. The van der Waals surface area contributed by atoms with Gasteiger partial charge < -0.3 is 14.8 Å². The predicted octanol–water partition coefficient (Wildman–Crippen LogP) is 3.59. The molecule has 1 N–H and O–H groups in total. The molecule has 0 saturated heterocycles. The van der Waals surface area contributed by atoms with Crippen molar-refractivity contribution in [2.45, 2.75) is 65.2 Å². The van der Waals surface area contributed by atoms with E-state index in [4.69, 9.17) is 9.47 Å². The molecule has 0 aliphatic rings. The van der Waals surface area contributed by atoms with Gasteiger partial charge >= 0.3 is 12.1 Å². The lowest BCUT2D eigenvalue weighted by atomic mass is 10.0. The maximum absolute atomic E-state index is 12.3. The van der Waals surface area contributed by atoms with Gasteiger partial charge in [-0.1, -0.05) is 36.4 Å². The Balaban J connectivity index is 3.04. The minimum Gasteiger partial charge on any atom is -0.456 e. The van der Waals surface area contributed by atoms with Gasteiger partial charge in [0.25, 0.3) is 0 Å².